The molecule has 0 fully saturated rings. The van der Waals surface area contributed by atoms with Gasteiger partial charge in [-0.2, -0.15) is 5.10 Å². The average molecular weight is 294 g/mol. The molecule has 0 amide bonds. The molecule has 0 radical (unpaired) electrons. The summed E-state index contributed by atoms with van der Waals surface area (Å²) < 4.78 is 2.93. The van der Waals surface area contributed by atoms with Gasteiger partial charge in [-0.15, -0.1) is 0 Å². The van der Waals surface area contributed by atoms with E-state index in [4.69, 9.17) is 0 Å². The van der Waals surface area contributed by atoms with Crippen molar-refractivity contribution in [2.75, 3.05) is 5.32 Å². The molecule has 90 valence electrons. The largest absolute Gasteiger partial charge is 0.378 e. The summed E-state index contributed by atoms with van der Waals surface area (Å²) in [6.45, 7) is 4.24. The van der Waals surface area contributed by atoms with E-state index in [2.05, 4.69) is 52.3 Å². The summed E-state index contributed by atoms with van der Waals surface area (Å²) in [5.74, 6) is 0. The molecule has 3 nitrogen and oxygen atoms in total. The zero-order chi connectivity index (χ0) is 12.4. The normalized spacial score (nSPS) is 12.5. The molecule has 0 aliphatic rings. The lowest BCUT2D eigenvalue weighted by Crippen LogP contribution is -2.06. The van der Waals surface area contributed by atoms with E-state index >= 15 is 0 Å². The lowest BCUT2D eigenvalue weighted by Gasteiger charge is -2.15. The quantitative estimate of drug-likeness (QED) is 0.936. The molecule has 1 atom stereocenters. The molecule has 1 unspecified atom stereocenters. The maximum atomic E-state index is 4.19. The fourth-order valence-electron chi connectivity index (χ4n) is 1.77. The van der Waals surface area contributed by atoms with Gasteiger partial charge in [0.05, 0.1) is 12.2 Å². The molecule has 0 bridgehead atoms. The number of rotatable bonds is 3. The maximum Gasteiger partial charge on any atom is 0.0542 e. The fourth-order valence-corrected chi connectivity index (χ4v) is 2.24. The average Bonchev–Trinajstić information content (AvgIpc) is 2.69. The van der Waals surface area contributed by atoms with E-state index in [1.54, 1.807) is 0 Å². The number of aryl methyl sites for hydroxylation is 2. The molecule has 1 aromatic carbocycles. The standard InChI is InChI=1S/C13H16BrN3/c1-9-6-12(14)4-5-13(9)16-10(2)11-7-15-17(3)8-11/h4-8,10,16H,1-3H3. The van der Waals surface area contributed by atoms with Crippen molar-refractivity contribution in [3.63, 3.8) is 0 Å². The second-order valence-corrected chi connectivity index (χ2v) is 5.19. The monoisotopic (exact) mass is 293 g/mol. The summed E-state index contributed by atoms with van der Waals surface area (Å²) in [7, 11) is 1.93. The van der Waals surface area contributed by atoms with Gasteiger partial charge in [-0.1, -0.05) is 15.9 Å². The molecule has 17 heavy (non-hydrogen) atoms. The molecule has 4 heteroatoms. The predicted molar refractivity (Wildman–Crippen MR) is 74.1 cm³/mol. The number of nitrogens with zero attached hydrogens (tertiary/aromatic N) is 2. The first kappa shape index (κ1) is 12.2. The van der Waals surface area contributed by atoms with Gasteiger partial charge in [0.1, 0.15) is 0 Å². The van der Waals surface area contributed by atoms with Crippen LogP contribution >= 0.6 is 15.9 Å². The van der Waals surface area contributed by atoms with Crippen molar-refractivity contribution in [3.05, 3.63) is 46.2 Å². The van der Waals surface area contributed by atoms with Crippen LogP contribution < -0.4 is 5.32 Å². The highest BCUT2D eigenvalue weighted by Gasteiger charge is 2.08. The molecular weight excluding hydrogens is 278 g/mol. The zero-order valence-electron chi connectivity index (χ0n) is 10.2. The minimum absolute atomic E-state index is 0.253. The molecule has 0 aliphatic heterocycles. The highest BCUT2D eigenvalue weighted by atomic mass is 79.9. The summed E-state index contributed by atoms with van der Waals surface area (Å²) in [6, 6.07) is 6.50. The number of aromatic nitrogens is 2. The maximum absolute atomic E-state index is 4.19. The lowest BCUT2D eigenvalue weighted by atomic mass is 10.1. The van der Waals surface area contributed by atoms with Crippen LogP contribution in [0.2, 0.25) is 0 Å². The summed E-state index contributed by atoms with van der Waals surface area (Å²) in [5.41, 5.74) is 3.58. The van der Waals surface area contributed by atoms with Crippen molar-refractivity contribution in [2.24, 2.45) is 7.05 Å². The van der Waals surface area contributed by atoms with Crippen molar-refractivity contribution in [2.45, 2.75) is 19.9 Å². The van der Waals surface area contributed by atoms with Gasteiger partial charge in [0, 0.05) is 29.0 Å². The Morgan fingerprint density at radius 3 is 2.76 bits per heavy atom. The van der Waals surface area contributed by atoms with E-state index in [1.807, 2.05) is 30.2 Å². The van der Waals surface area contributed by atoms with Crippen LogP contribution in [0.5, 0.6) is 0 Å². The van der Waals surface area contributed by atoms with Crippen LogP contribution in [0.4, 0.5) is 5.69 Å². The van der Waals surface area contributed by atoms with Crippen LogP contribution in [0.3, 0.4) is 0 Å². The molecule has 0 saturated heterocycles. The summed E-state index contributed by atoms with van der Waals surface area (Å²) in [4.78, 5) is 0. The smallest absolute Gasteiger partial charge is 0.0542 e. The number of benzene rings is 1. The predicted octanol–water partition coefficient (Wildman–Crippen LogP) is 3.66. The lowest BCUT2D eigenvalue weighted by molar-refractivity contribution is 0.765. The summed E-state index contributed by atoms with van der Waals surface area (Å²) in [6.07, 6.45) is 3.93. The van der Waals surface area contributed by atoms with E-state index in [-0.39, 0.29) is 6.04 Å². The second-order valence-electron chi connectivity index (χ2n) is 4.27. The van der Waals surface area contributed by atoms with Gasteiger partial charge in [-0.25, -0.2) is 0 Å². The Bertz CT molecular complexity index is 519. The van der Waals surface area contributed by atoms with Crippen molar-refractivity contribution < 1.29 is 0 Å². The molecule has 1 heterocycles. The third-order valence-electron chi connectivity index (χ3n) is 2.79. The number of hydrogen-bond acceptors (Lipinski definition) is 2. The minimum Gasteiger partial charge on any atom is -0.378 e. The Hall–Kier alpha value is -1.29. The first-order valence-electron chi connectivity index (χ1n) is 5.57. The second kappa shape index (κ2) is 4.92. The van der Waals surface area contributed by atoms with Crippen molar-refractivity contribution in [3.8, 4) is 0 Å². The topological polar surface area (TPSA) is 29.9 Å². The number of hydrogen-bond donors (Lipinski definition) is 1. The van der Waals surface area contributed by atoms with Gasteiger partial charge in [-0.3, -0.25) is 4.68 Å². The van der Waals surface area contributed by atoms with Crippen LogP contribution in [0.25, 0.3) is 0 Å². The molecule has 1 aromatic heterocycles. The highest BCUT2D eigenvalue weighted by molar-refractivity contribution is 9.10. The molecule has 2 rings (SSSR count). The van der Waals surface area contributed by atoms with Gasteiger partial charge in [0.15, 0.2) is 0 Å². The Morgan fingerprint density at radius 1 is 1.41 bits per heavy atom. The fraction of sp³-hybridized carbons (Fsp3) is 0.308. The molecule has 2 aromatic rings. The van der Waals surface area contributed by atoms with Gasteiger partial charge >= 0.3 is 0 Å². The Kier molecular flexibility index (Phi) is 3.52. The van der Waals surface area contributed by atoms with Crippen molar-refractivity contribution in [1.29, 1.82) is 0 Å². The van der Waals surface area contributed by atoms with Gasteiger partial charge < -0.3 is 5.32 Å². The first-order chi connectivity index (χ1) is 8.06. The van der Waals surface area contributed by atoms with Crippen LogP contribution in [0, 0.1) is 6.92 Å². The van der Waals surface area contributed by atoms with Crippen LogP contribution in [0.15, 0.2) is 35.1 Å². The van der Waals surface area contributed by atoms with E-state index in [9.17, 15) is 0 Å². The third kappa shape index (κ3) is 2.88. The molecular formula is C13H16BrN3. The Labute approximate surface area is 110 Å². The van der Waals surface area contributed by atoms with Gasteiger partial charge in [-0.05, 0) is 37.6 Å². The van der Waals surface area contributed by atoms with Gasteiger partial charge in [0.25, 0.3) is 0 Å². The van der Waals surface area contributed by atoms with Crippen molar-refractivity contribution in [1.82, 2.24) is 9.78 Å². The Balaban J connectivity index is 2.15. The van der Waals surface area contributed by atoms with E-state index in [1.165, 1.54) is 11.1 Å². The third-order valence-corrected chi connectivity index (χ3v) is 3.28. The van der Waals surface area contributed by atoms with E-state index in [0.717, 1.165) is 10.2 Å². The van der Waals surface area contributed by atoms with Crippen LogP contribution in [0.1, 0.15) is 24.1 Å². The Morgan fingerprint density at radius 2 is 2.18 bits per heavy atom. The zero-order valence-corrected chi connectivity index (χ0v) is 11.8. The van der Waals surface area contributed by atoms with Gasteiger partial charge in [0.2, 0.25) is 0 Å². The molecule has 0 spiro atoms. The molecule has 1 N–H and O–H groups in total. The molecule has 0 aliphatic carbocycles. The SMILES string of the molecule is Cc1cc(Br)ccc1NC(C)c1cnn(C)c1. The highest BCUT2D eigenvalue weighted by Crippen LogP contribution is 2.24. The minimum atomic E-state index is 0.253. The summed E-state index contributed by atoms with van der Waals surface area (Å²) in [5, 5.41) is 7.68. The van der Waals surface area contributed by atoms with Crippen LogP contribution in [-0.4, -0.2) is 9.78 Å². The summed E-state index contributed by atoms with van der Waals surface area (Å²) >= 11 is 3.47. The van der Waals surface area contributed by atoms with Crippen molar-refractivity contribution >= 4 is 21.6 Å². The first-order valence-corrected chi connectivity index (χ1v) is 6.37. The van der Waals surface area contributed by atoms with E-state index in [0.29, 0.717) is 0 Å². The number of halogens is 1. The number of anilines is 1. The molecule has 0 saturated carbocycles. The van der Waals surface area contributed by atoms with Crippen LogP contribution in [-0.2, 0) is 7.05 Å². The number of nitrogens with one attached hydrogen (secondary N) is 1. The van der Waals surface area contributed by atoms with E-state index < -0.39 is 0 Å².